The molecule has 4 nitrogen and oxygen atoms in total. The molecule has 0 bridgehead atoms. The second-order valence-electron chi connectivity index (χ2n) is 3.56. The van der Waals surface area contributed by atoms with Crippen molar-refractivity contribution in [1.29, 1.82) is 0 Å². The lowest BCUT2D eigenvalue weighted by molar-refractivity contribution is -0.116. The Balaban J connectivity index is 1.88. The quantitative estimate of drug-likeness (QED) is 0.715. The third-order valence-electron chi connectivity index (χ3n) is 2.08. The summed E-state index contributed by atoms with van der Waals surface area (Å²) in [6, 6.07) is 0.418. The first kappa shape index (κ1) is 8.99. The number of aromatic nitrogens is 2. The van der Waals surface area contributed by atoms with Gasteiger partial charge >= 0.3 is 0 Å². The molecule has 1 aliphatic carbocycles. The topological polar surface area (TPSA) is 46.9 Å². The lowest BCUT2D eigenvalue weighted by Gasteiger charge is -1.95. The average molecular weight is 191 g/mol. The smallest absolute Gasteiger partial charge is 0.244 e. The van der Waals surface area contributed by atoms with Crippen LogP contribution in [-0.4, -0.2) is 21.7 Å². The second-order valence-corrected chi connectivity index (χ2v) is 3.56. The van der Waals surface area contributed by atoms with Crippen LogP contribution in [0, 0.1) is 0 Å². The van der Waals surface area contributed by atoms with Crippen LogP contribution in [0.3, 0.4) is 0 Å². The monoisotopic (exact) mass is 191 g/mol. The summed E-state index contributed by atoms with van der Waals surface area (Å²) in [5, 5.41) is 6.88. The average Bonchev–Trinajstić information content (AvgIpc) is 2.85. The maximum absolute atomic E-state index is 11.2. The zero-order valence-corrected chi connectivity index (χ0v) is 8.10. The largest absolute Gasteiger partial charge is 0.350 e. The van der Waals surface area contributed by atoms with Gasteiger partial charge in [0.25, 0.3) is 0 Å². The highest BCUT2D eigenvalue weighted by atomic mass is 16.1. The molecular formula is C10H13N3O. The molecule has 1 fully saturated rings. The fourth-order valence-corrected chi connectivity index (χ4v) is 1.18. The Morgan fingerprint density at radius 3 is 3.07 bits per heavy atom. The maximum Gasteiger partial charge on any atom is 0.244 e. The summed E-state index contributed by atoms with van der Waals surface area (Å²) in [7, 11) is 1.85. The van der Waals surface area contributed by atoms with E-state index >= 15 is 0 Å². The predicted molar refractivity (Wildman–Crippen MR) is 53.4 cm³/mol. The van der Waals surface area contributed by atoms with E-state index in [1.807, 2.05) is 13.2 Å². The van der Waals surface area contributed by atoms with E-state index in [-0.39, 0.29) is 5.91 Å². The van der Waals surface area contributed by atoms with Crippen LogP contribution in [0.25, 0.3) is 6.08 Å². The van der Waals surface area contributed by atoms with Gasteiger partial charge in [0.15, 0.2) is 0 Å². The molecule has 0 atom stereocenters. The van der Waals surface area contributed by atoms with Gasteiger partial charge in [0.05, 0.1) is 6.20 Å². The number of hydrogen-bond donors (Lipinski definition) is 1. The minimum Gasteiger partial charge on any atom is -0.350 e. The minimum absolute atomic E-state index is 0.0173. The van der Waals surface area contributed by atoms with Gasteiger partial charge in [0.1, 0.15) is 0 Å². The maximum atomic E-state index is 11.2. The lowest BCUT2D eigenvalue weighted by Crippen LogP contribution is -2.22. The lowest BCUT2D eigenvalue weighted by atomic mass is 10.3. The molecule has 4 heteroatoms. The highest BCUT2D eigenvalue weighted by Crippen LogP contribution is 2.18. The summed E-state index contributed by atoms with van der Waals surface area (Å²) >= 11 is 0. The van der Waals surface area contributed by atoms with Crippen molar-refractivity contribution in [1.82, 2.24) is 15.1 Å². The van der Waals surface area contributed by atoms with Gasteiger partial charge in [-0.25, -0.2) is 0 Å². The molecule has 0 spiro atoms. The van der Waals surface area contributed by atoms with Crippen LogP contribution in [0.5, 0.6) is 0 Å². The van der Waals surface area contributed by atoms with Crippen LogP contribution in [0.2, 0.25) is 0 Å². The minimum atomic E-state index is -0.0173. The van der Waals surface area contributed by atoms with Crippen molar-refractivity contribution in [2.75, 3.05) is 0 Å². The summed E-state index contributed by atoms with van der Waals surface area (Å²) in [5.74, 6) is -0.0173. The van der Waals surface area contributed by atoms with Crippen LogP contribution >= 0.6 is 0 Å². The molecule has 1 aromatic heterocycles. The Kier molecular flexibility index (Phi) is 2.35. The molecule has 0 aliphatic heterocycles. The van der Waals surface area contributed by atoms with Gasteiger partial charge in [0.2, 0.25) is 5.91 Å². The van der Waals surface area contributed by atoms with Crippen molar-refractivity contribution in [2.45, 2.75) is 18.9 Å². The van der Waals surface area contributed by atoms with Crippen molar-refractivity contribution in [3.05, 3.63) is 24.0 Å². The SMILES string of the molecule is Cn1cc(C=CC(=O)NC2CC2)cn1. The summed E-state index contributed by atoms with van der Waals surface area (Å²) in [6.45, 7) is 0. The standard InChI is InChI=1S/C10H13N3O/c1-13-7-8(6-11-13)2-5-10(14)12-9-3-4-9/h2,5-7,9H,3-4H2,1H3,(H,12,14). The van der Waals surface area contributed by atoms with Crippen LogP contribution < -0.4 is 5.32 Å². The predicted octanol–water partition coefficient (Wildman–Crippen LogP) is 0.712. The number of nitrogens with zero attached hydrogens (tertiary/aromatic N) is 2. The molecule has 1 heterocycles. The van der Waals surface area contributed by atoms with Crippen molar-refractivity contribution in [3.8, 4) is 0 Å². The third kappa shape index (κ3) is 2.45. The number of amides is 1. The normalized spacial score (nSPS) is 16.1. The molecular weight excluding hydrogens is 178 g/mol. The van der Waals surface area contributed by atoms with E-state index in [4.69, 9.17) is 0 Å². The van der Waals surface area contributed by atoms with Crippen molar-refractivity contribution in [2.24, 2.45) is 7.05 Å². The van der Waals surface area contributed by atoms with Crippen molar-refractivity contribution in [3.63, 3.8) is 0 Å². The number of aryl methyl sites for hydroxylation is 1. The van der Waals surface area contributed by atoms with Crippen molar-refractivity contribution >= 4 is 12.0 Å². The van der Waals surface area contributed by atoms with Gasteiger partial charge in [-0.1, -0.05) is 0 Å². The summed E-state index contributed by atoms with van der Waals surface area (Å²) in [6.07, 6.45) is 9.14. The molecule has 0 aromatic carbocycles. The van der Waals surface area contributed by atoms with Crippen LogP contribution in [-0.2, 0) is 11.8 Å². The molecule has 0 unspecified atom stereocenters. The van der Waals surface area contributed by atoms with Gasteiger partial charge < -0.3 is 5.32 Å². The highest BCUT2D eigenvalue weighted by Gasteiger charge is 2.21. The number of carbonyl (C=O) groups is 1. The molecule has 1 saturated carbocycles. The van der Waals surface area contributed by atoms with E-state index in [1.54, 1.807) is 23.0 Å². The molecule has 1 amide bonds. The summed E-state index contributed by atoms with van der Waals surface area (Å²) in [4.78, 5) is 11.2. The first-order valence-corrected chi connectivity index (χ1v) is 4.71. The van der Waals surface area contributed by atoms with Gasteiger partial charge in [-0.2, -0.15) is 5.10 Å². The zero-order valence-electron chi connectivity index (χ0n) is 8.10. The van der Waals surface area contributed by atoms with Crippen molar-refractivity contribution < 1.29 is 4.79 Å². The van der Waals surface area contributed by atoms with E-state index in [0.717, 1.165) is 18.4 Å². The number of nitrogens with one attached hydrogen (secondary N) is 1. The zero-order chi connectivity index (χ0) is 9.97. The molecule has 1 N–H and O–H groups in total. The van der Waals surface area contributed by atoms with Crippen LogP contribution in [0.1, 0.15) is 18.4 Å². The second kappa shape index (κ2) is 3.65. The summed E-state index contributed by atoms with van der Waals surface area (Å²) in [5.41, 5.74) is 0.943. The van der Waals surface area contributed by atoms with E-state index in [1.165, 1.54) is 0 Å². The molecule has 74 valence electrons. The van der Waals surface area contributed by atoms with Gasteiger partial charge in [0, 0.05) is 30.9 Å². The summed E-state index contributed by atoms with van der Waals surface area (Å²) < 4.78 is 1.71. The molecule has 1 aliphatic rings. The Morgan fingerprint density at radius 1 is 1.71 bits per heavy atom. The van der Waals surface area contributed by atoms with Gasteiger partial charge in [-0.15, -0.1) is 0 Å². The number of rotatable bonds is 3. The van der Waals surface area contributed by atoms with E-state index < -0.39 is 0 Å². The van der Waals surface area contributed by atoms with E-state index in [9.17, 15) is 4.79 Å². The fourth-order valence-electron chi connectivity index (χ4n) is 1.18. The fraction of sp³-hybridized carbons (Fsp3) is 0.400. The molecule has 0 radical (unpaired) electrons. The highest BCUT2D eigenvalue weighted by molar-refractivity contribution is 5.91. The first-order chi connectivity index (χ1) is 6.74. The molecule has 0 saturated heterocycles. The number of carbonyl (C=O) groups excluding carboxylic acids is 1. The van der Waals surface area contributed by atoms with Crippen LogP contribution in [0.15, 0.2) is 18.5 Å². The van der Waals surface area contributed by atoms with E-state index in [2.05, 4.69) is 10.4 Å². The Hall–Kier alpha value is -1.58. The van der Waals surface area contributed by atoms with Crippen LogP contribution in [0.4, 0.5) is 0 Å². The van der Waals surface area contributed by atoms with E-state index in [0.29, 0.717) is 6.04 Å². The molecule has 14 heavy (non-hydrogen) atoms. The Labute approximate surface area is 82.6 Å². The first-order valence-electron chi connectivity index (χ1n) is 4.71. The van der Waals surface area contributed by atoms with Gasteiger partial charge in [-0.3, -0.25) is 9.48 Å². The number of hydrogen-bond acceptors (Lipinski definition) is 2. The van der Waals surface area contributed by atoms with Gasteiger partial charge in [-0.05, 0) is 18.9 Å². The molecule has 2 rings (SSSR count). The third-order valence-corrected chi connectivity index (χ3v) is 2.08. The Morgan fingerprint density at radius 2 is 2.50 bits per heavy atom. The molecule has 1 aromatic rings. The Bertz CT molecular complexity index is 363.